The molecule has 1 aromatic rings. The van der Waals surface area contributed by atoms with Gasteiger partial charge in [-0.2, -0.15) is 0 Å². The van der Waals surface area contributed by atoms with Gasteiger partial charge in [0.05, 0.1) is 11.8 Å². The van der Waals surface area contributed by atoms with Gasteiger partial charge in [-0.25, -0.2) is 0 Å². The summed E-state index contributed by atoms with van der Waals surface area (Å²) in [6, 6.07) is 7.68. The fraction of sp³-hybridized carbons (Fsp3) is 0.611. The fourth-order valence-corrected chi connectivity index (χ4v) is 1.72. The third-order valence-corrected chi connectivity index (χ3v) is 3.40. The molecule has 0 N–H and O–H groups in total. The molecule has 4 heteroatoms. The van der Waals surface area contributed by atoms with Crippen molar-refractivity contribution in [1.29, 1.82) is 0 Å². The minimum atomic E-state index is -0.0795. The van der Waals surface area contributed by atoms with Crippen LogP contribution in [0.1, 0.15) is 53.9 Å². The summed E-state index contributed by atoms with van der Waals surface area (Å²) in [5, 5.41) is 4.15. The second-order valence-electron chi connectivity index (χ2n) is 5.40. The van der Waals surface area contributed by atoms with Crippen molar-refractivity contribution < 1.29 is 14.3 Å². The number of rotatable bonds is 10. The lowest BCUT2D eigenvalue weighted by Crippen LogP contribution is -2.16. The molecule has 2 atom stereocenters. The van der Waals surface area contributed by atoms with Crippen LogP contribution < -0.4 is 9.47 Å². The van der Waals surface area contributed by atoms with Crippen molar-refractivity contribution in [3.05, 3.63) is 24.3 Å². The Balaban J connectivity index is 2.39. The largest absolute Gasteiger partial charge is 0.491 e. The summed E-state index contributed by atoms with van der Waals surface area (Å²) in [5.41, 5.74) is 1.07. The zero-order valence-corrected chi connectivity index (χ0v) is 14.5. The first kappa shape index (κ1) is 18.3. The standard InChI is InChI=1S/C18H29NO3/c1-6-14(4)21-18-11-9-17(10-12-18)20-13-15(5)22-19-16(7-2)8-3/h9-12,14-15H,6-8,13H2,1-5H3. The monoisotopic (exact) mass is 307 g/mol. The minimum absolute atomic E-state index is 0.0795. The van der Waals surface area contributed by atoms with Crippen LogP contribution in [-0.2, 0) is 4.84 Å². The Bertz CT molecular complexity index is 436. The third kappa shape index (κ3) is 6.83. The van der Waals surface area contributed by atoms with E-state index in [1.165, 1.54) is 0 Å². The molecular weight excluding hydrogens is 278 g/mol. The fourth-order valence-electron chi connectivity index (χ4n) is 1.72. The quantitative estimate of drug-likeness (QED) is 0.459. The highest BCUT2D eigenvalue weighted by molar-refractivity contribution is 5.83. The third-order valence-electron chi connectivity index (χ3n) is 3.40. The maximum Gasteiger partial charge on any atom is 0.158 e. The molecule has 0 saturated carbocycles. The second-order valence-corrected chi connectivity index (χ2v) is 5.40. The highest BCUT2D eigenvalue weighted by Gasteiger charge is 2.05. The predicted octanol–water partition coefficient (Wildman–Crippen LogP) is 4.82. The first-order valence-corrected chi connectivity index (χ1v) is 8.20. The molecule has 1 aromatic carbocycles. The Morgan fingerprint density at radius 2 is 1.55 bits per heavy atom. The highest BCUT2D eigenvalue weighted by Crippen LogP contribution is 2.19. The molecule has 0 heterocycles. The molecule has 0 aromatic heterocycles. The summed E-state index contributed by atoms with van der Waals surface area (Å²) in [4.78, 5) is 5.44. The van der Waals surface area contributed by atoms with Crippen LogP contribution in [-0.4, -0.2) is 24.5 Å². The van der Waals surface area contributed by atoms with Crippen molar-refractivity contribution in [3.63, 3.8) is 0 Å². The van der Waals surface area contributed by atoms with Crippen LogP contribution in [0.4, 0.5) is 0 Å². The van der Waals surface area contributed by atoms with Crippen LogP contribution in [0, 0.1) is 0 Å². The molecule has 0 bridgehead atoms. The molecule has 4 nitrogen and oxygen atoms in total. The zero-order chi connectivity index (χ0) is 16.4. The summed E-state index contributed by atoms with van der Waals surface area (Å²) >= 11 is 0. The summed E-state index contributed by atoms with van der Waals surface area (Å²) in [6.45, 7) is 10.7. The molecule has 0 saturated heterocycles. The number of hydrogen-bond acceptors (Lipinski definition) is 4. The van der Waals surface area contributed by atoms with Gasteiger partial charge in [-0.1, -0.05) is 25.9 Å². The summed E-state index contributed by atoms with van der Waals surface area (Å²) in [6.07, 6.45) is 2.97. The Labute approximate surface area is 134 Å². The van der Waals surface area contributed by atoms with Crippen molar-refractivity contribution in [1.82, 2.24) is 0 Å². The molecule has 0 fully saturated rings. The number of oxime groups is 1. The van der Waals surface area contributed by atoms with Crippen molar-refractivity contribution >= 4 is 5.71 Å². The summed E-state index contributed by atoms with van der Waals surface area (Å²) < 4.78 is 11.4. The minimum Gasteiger partial charge on any atom is -0.491 e. The molecule has 124 valence electrons. The molecule has 0 aliphatic heterocycles. The van der Waals surface area contributed by atoms with E-state index < -0.39 is 0 Å². The van der Waals surface area contributed by atoms with Gasteiger partial charge in [0.2, 0.25) is 0 Å². The van der Waals surface area contributed by atoms with Gasteiger partial charge < -0.3 is 14.3 Å². The van der Waals surface area contributed by atoms with Crippen molar-refractivity contribution in [2.45, 2.75) is 66.1 Å². The molecule has 0 radical (unpaired) electrons. The SMILES string of the molecule is CCC(CC)=NOC(C)COc1ccc(OC(C)CC)cc1. The van der Waals surface area contributed by atoms with Crippen LogP contribution >= 0.6 is 0 Å². The van der Waals surface area contributed by atoms with Crippen molar-refractivity contribution in [2.75, 3.05) is 6.61 Å². The van der Waals surface area contributed by atoms with Crippen LogP contribution in [0.5, 0.6) is 11.5 Å². The van der Waals surface area contributed by atoms with E-state index in [0.717, 1.165) is 36.5 Å². The van der Waals surface area contributed by atoms with Crippen LogP contribution in [0.25, 0.3) is 0 Å². The van der Waals surface area contributed by atoms with E-state index in [4.69, 9.17) is 14.3 Å². The topological polar surface area (TPSA) is 40.0 Å². The van der Waals surface area contributed by atoms with Gasteiger partial charge in [-0.15, -0.1) is 0 Å². The van der Waals surface area contributed by atoms with E-state index in [1.54, 1.807) is 0 Å². The average Bonchev–Trinajstić information content (AvgIpc) is 2.55. The van der Waals surface area contributed by atoms with E-state index in [2.05, 4.69) is 32.9 Å². The number of nitrogens with zero attached hydrogens (tertiary/aromatic N) is 1. The summed E-state index contributed by atoms with van der Waals surface area (Å²) in [7, 11) is 0. The van der Waals surface area contributed by atoms with Crippen LogP contribution in [0.15, 0.2) is 29.4 Å². The number of hydrogen-bond donors (Lipinski definition) is 0. The lowest BCUT2D eigenvalue weighted by Gasteiger charge is -2.14. The predicted molar refractivity (Wildman–Crippen MR) is 90.9 cm³/mol. The zero-order valence-electron chi connectivity index (χ0n) is 14.5. The molecular formula is C18H29NO3. The van der Waals surface area contributed by atoms with E-state index in [0.29, 0.717) is 6.61 Å². The lowest BCUT2D eigenvalue weighted by molar-refractivity contribution is 0.0360. The maximum atomic E-state index is 5.74. The smallest absolute Gasteiger partial charge is 0.158 e. The van der Waals surface area contributed by atoms with Crippen LogP contribution in [0.2, 0.25) is 0 Å². The molecule has 22 heavy (non-hydrogen) atoms. The Kier molecular flexibility index (Phi) is 8.41. The average molecular weight is 307 g/mol. The van der Waals surface area contributed by atoms with Crippen molar-refractivity contribution in [2.24, 2.45) is 5.16 Å². The van der Waals surface area contributed by atoms with E-state index in [9.17, 15) is 0 Å². The van der Waals surface area contributed by atoms with Gasteiger partial charge in [-0.3, -0.25) is 0 Å². The normalized spacial score (nSPS) is 13.1. The van der Waals surface area contributed by atoms with E-state index >= 15 is 0 Å². The van der Waals surface area contributed by atoms with Gasteiger partial charge in [0.25, 0.3) is 0 Å². The first-order chi connectivity index (χ1) is 10.6. The Morgan fingerprint density at radius 1 is 0.955 bits per heavy atom. The molecule has 0 aliphatic carbocycles. The Morgan fingerprint density at radius 3 is 2.09 bits per heavy atom. The molecule has 0 amide bonds. The van der Waals surface area contributed by atoms with Crippen molar-refractivity contribution in [3.8, 4) is 11.5 Å². The Hall–Kier alpha value is -1.71. The van der Waals surface area contributed by atoms with E-state index in [1.807, 2.05) is 31.2 Å². The number of benzene rings is 1. The maximum absolute atomic E-state index is 5.74. The second kappa shape index (κ2) is 10.1. The molecule has 0 aliphatic rings. The van der Waals surface area contributed by atoms with Gasteiger partial charge in [-0.05, 0) is 57.4 Å². The van der Waals surface area contributed by atoms with Gasteiger partial charge in [0.15, 0.2) is 6.10 Å². The first-order valence-electron chi connectivity index (χ1n) is 8.20. The molecule has 1 rings (SSSR count). The lowest BCUT2D eigenvalue weighted by atomic mass is 10.2. The number of ether oxygens (including phenoxy) is 2. The highest BCUT2D eigenvalue weighted by atomic mass is 16.6. The molecule has 2 unspecified atom stereocenters. The molecule has 0 spiro atoms. The van der Waals surface area contributed by atoms with Crippen LogP contribution in [0.3, 0.4) is 0 Å². The van der Waals surface area contributed by atoms with Gasteiger partial charge in [0, 0.05) is 0 Å². The van der Waals surface area contributed by atoms with Gasteiger partial charge >= 0.3 is 0 Å². The van der Waals surface area contributed by atoms with E-state index in [-0.39, 0.29) is 12.2 Å². The summed E-state index contributed by atoms with van der Waals surface area (Å²) in [5.74, 6) is 1.67. The van der Waals surface area contributed by atoms with Gasteiger partial charge in [0.1, 0.15) is 18.1 Å².